The molecule has 1 fully saturated rings. The van der Waals surface area contributed by atoms with Crippen molar-refractivity contribution in [2.45, 2.75) is 45.4 Å². The maximum atomic E-state index is 10.3. The van der Waals surface area contributed by atoms with Crippen LogP contribution in [0.2, 0.25) is 0 Å². The van der Waals surface area contributed by atoms with Crippen LogP contribution in [0.4, 0.5) is 0 Å². The van der Waals surface area contributed by atoms with Crippen molar-refractivity contribution in [1.29, 1.82) is 0 Å². The molecule has 0 atom stereocenters. The average molecular weight is 183 g/mol. The smallest absolute Gasteiger partial charge is 0.233 e. The highest BCUT2D eigenvalue weighted by Crippen LogP contribution is 2.30. The van der Waals surface area contributed by atoms with Gasteiger partial charge in [-0.05, 0) is 25.2 Å². The van der Waals surface area contributed by atoms with Crippen LogP contribution >= 0.6 is 0 Å². The van der Waals surface area contributed by atoms with Gasteiger partial charge in [-0.15, -0.1) is 0 Å². The van der Waals surface area contributed by atoms with Crippen molar-refractivity contribution < 1.29 is 4.92 Å². The monoisotopic (exact) mass is 183 g/mol. The van der Waals surface area contributed by atoms with Crippen LogP contribution in [0, 0.1) is 16.0 Å². The summed E-state index contributed by atoms with van der Waals surface area (Å²) in [6, 6.07) is 0. The van der Waals surface area contributed by atoms with Crippen LogP contribution in [0.3, 0.4) is 0 Å². The summed E-state index contributed by atoms with van der Waals surface area (Å²) in [5, 5.41) is 10.3. The summed E-state index contributed by atoms with van der Waals surface area (Å²) in [7, 11) is 0. The van der Waals surface area contributed by atoms with Gasteiger partial charge < -0.3 is 0 Å². The lowest BCUT2D eigenvalue weighted by atomic mass is 9.83. The molecule has 3 heteroatoms. The molecule has 0 aliphatic heterocycles. The highest BCUT2D eigenvalue weighted by Gasteiger charge is 2.18. The Bertz CT molecular complexity index is 205. The molecule has 0 bridgehead atoms. The summed E-state index contributed by atoms with van der Waals surface area (Å²) in [5.41, 5.74) is 1.03. The summed E-state index contributed by atoms with van der Waals surface area (Å²) < 4.78 is 0. The zero-order valence-corrected chi connectivity index (χ0v) is 8.16. The minimum Gasteiger partial charge on any atom is -0.259 e. The molecule has 0 aromatic heterocycles. The first-order valence-corrected chi connectivity index (χ1v) is 5.08. The number of hydrogen-bond donors (Lipinski definition) is 0. The van der Waals surface area contributed by atoms with E-state index in [1.54, 1.807) is 0 Å². The van der Waals surface area contributed by atoms with Crippen molar-refractivity contribution in [3.63, 3.8) is 0 Å². The van der Waals surface area contributed by atoms with Gasteiger partial charge in [0.1, 0.15) is 0 Å². The number of allylic oxidation sites excluding steroid dienone is 1. The van der Waals surface area contributed by atoms with Crippen LogP contribution in [0.15, 0.2) is 11.8 Å². The minimum atomic E-state index is -0.312. The van der Waals surface area contributed by atoms with Crippen molar-refractivity contribution in [2.24, 2.45) is 5.92 Å². The number of nitro groups is 1. The Morgan fingerprint density at radius 1 is 1.46 bits per heavy atom. The molecule has 0 amide bonds. The quantitative estimate of drug-likeness (QED) is 0.498. The molecule has 1 saturated carbocycles. The van der Waals surface area contributed by atoms with Gasteiger partial charge in [-0.3, -0.25) is 10.1 Å². The second-order valence-electron chi connectivity index (χ2n) is 3.68. The van der Waals surface area contributed by atoms with Gasteiger partial charge in [-0.2, -0.15) is 0 Å². The first-order chi connectivity index (χ1) is 6.24. The SMILES string of the molecule is CC/C(=C\[N+](=O)[O-])C1CCCCC1. The highest BCUT2D eigenvalue weighted by atomic mass is 16.6. The minimum absolute atomic E-state index is 0.312. The van der Waals surface area contributed by atoms with E-state index in [9.17, 15) is 10.1 Å². The van der Waals surface area contributed by atoms with Gasteiger partial charge in [-0.1, -0.05) is 26.2 Å². The van der Waals surface area contributed by atoms with Gasteiger partial charge in [0, 0.05) is 5.57 Å². The Kier molecular flexibility index (Phi) is 3.93. The molecule has 0 spiro atoms. The lowest BCUT2D eigenvalue weighted by Crippen LogP contribution is -2.10. The molecule has 0 N–H and O–H groups in total. The van der Waals surface area contributed by atoms with Crippen molar-refractivity contribution in [2.75, 3.05) is 0 Å². The van der Waals surface area contributed by atoms with Gasteiger partial charge in [0.2, 0.25) is 6.20 Å². The number of rotatable bonds is 3. The summed E-state index contributed by atoms with van der Waals surface area (Å²) >= 11 is 0. The van der Waals surface area contributed by atoms with Crippen LogP contribution < -0.4 is 0 Å². The molecule has 0 heterocycles. The van der Waals surface area contributed by atoms with Gasteiger partial charge >= 0.3 is 0 Å². The molecule has 74 valence electrons. The van der Waals surface area contributed by atoms with Crippen LogP contribution in [0.25, 0.3) is 0 Å². The van der Waals surface area contributed by atoms with Gasteiger partial charge in [0.05, 0.1) is 4.92 Å². The third-order valence-electron chi connectivity index (χ3n) is 2.81. The maximum absolute atomic E-state index is 10.3. The molecule has 0 aromatic carbocycles. The van der Waals surface area contributed by atoms with E-state index in [-0.39, 0.29) is 4.92 Å². The Morgan fingerprint density at radius 2 is 2.08 bits per heavy atom. The molecule has 0 aromatic rings. The lowest BCUT2D eigenvalue weighted by molar-refractivity contribution is -0.404. The molecule has 0 saturated heterocycles. The topological polar surface area (TPSA) is 43.1 Å². The molecular weight excluding hydrogens is 166 g/mol. The molecule has 0 radical (unpaired) electrons. The first-order valence-electron chi connectivity index (χ1n) is 5.08. The zero-order chi connectivity index (χ0) is 9.68. The molecule has 13 heavy (non-hydrogen) atoms. The lowest BCUT2D eigenvalue weighted by Gasteiger charge is -2.22. The van der Waals surface area contributed by atoms with E-state index in [1.807, 2.05) is 6.92 Å². The standard InChI is InChI=1S/C10H17NO2/c1-2-9(8-11(12)13)10-6-4-3-5-7-10/h8,10H,2-7H2,1H3/b9-8+. The Hall–Kier alpha value is -0.860. The Labute approximate surface area is 79.0 Å². The van der Waals surface area contributed by atoms with E-state index in [0.29, 0.717) is 5.92 Å². The maximum Gasteiger partial charge on any atom is 0.233 e. The fourth-order valence-electron chi connectivity index (χ4n) is 2.09. The van der Waals surface area contributed by atoms with Crippen molar-refractivity contribution in [3.8, 4) is 0 Å². The fraction of sp³-hybridized carbons (Fsp3) is 0.800. The Morgan fingerprint density at radius 3 is 2.54 bits per heavy atom. The predicted octanol–water partition coefficient (Wildman–Crippen LogP) is 3.14. The average Bonchev–Trinajstić information content (AvgIpc) is 2.15. The van der Waals surface area contributed by atoms with E-state index >= 15 is 0 Å². The molecular formula is C10H17NO2. The van der Waals surface area contributed by atoms with Gasteiger partial charge in [0.25, 0.3) is 0 Å². The second kappa shape index (κ2) is 5.00. The largest absolute Gasteiger partial charge is 0.259 e. The normalized spacial score (nSPS) is 20.2. The second-order valence-corrected chi connectivity index (χ2v) is 3.68. The molecule has 1 aliphatic carbocycles. The van der Waals surface area contributed by atoms with Crippen LogP contribution in [-0.2, 0) is 0 Å². The van der Waals surface area contributed by atoms with E-state index in [0.717, 1.165) is 24.8 Å². The summed E-state index contributed by atoms with van der Waals surface area (Å²) in [4.78, 5) is 10.0. The third kappa shape index (κ3) is 3.17. The highest BCUT2D eigenvalue weighted by molar-refractivity contribution is 5.03. The third-order valence-corrected chi connectivity index (χ3v) is 2.81. The summed E-state index contributed by atoms with van der Waals surface area (Å²) in [6.45, 7) is 2.00. The number of hydrogen-bond acceptors (Lipinski definition) is 2. The van der Waals surface area contributed by atoms with Crippen molar-refractivity contribution in [3.05, 3.63) is 21.9 Å². The van der Waals surface area contributed by atoms with Gasteiger partial charge in [-0.25, -0.2) is 0 Å². The van der Waals surface area contributed by atoms with E-state index in [4.69, 9.17) is 0 Å². The Balaban J connectivity index is 2.58. The first kappa shape index (κ1) is 10.2. The van der Waals surface area contributed by atoms with Crippen LogP contribution in [0.5, 0.6) is 0 Å². The van der Waals surface area contributed by atoms with Crippen LogP contribution in [0.1, 0.15) is 45.4 Å². The number of nitrogens with zero attached hydrogens (tertiary/aromatic N) is 1. The van der Waals surface area contributed by atoms with E-state index in [1.165, 1.54) is 25.5 Å². The van der Waals surface area contributed by atoms with Crippen molar-refractivity contribution in [1.82, 2.24) is 0 Å². The van der Waals surface area contributed by atoms with Crippen molar-refractivity contribution >= 4 is 0 Å². The molecule has 1 aliphatic rings. The summed E-state index contributed by atoms with van der Waals surface area (Å²) in [6.07, 6.45) is 8.11. The zero-order valence-electron chi connectivity index (χ0n) is 8.16. The van der Waals surface area contributed by atoms with E-state index < -0.39 is 0 Å². The fourth-order valence-corrected chi connectivity index (χ4v) is 2.09. The van der Waals surface area contributed by atoms with Gasteiger partial charge in [0.15, 0.2) is 0 Å². The van der Waals surface area contributed by atoms with E-state index in [2.05, 4.69) is 0 Å². The predicted molar refractivity (Wildman–Crippen MR) is 51.9 cm³/mol. The molecule has 1 rings (SSSR count). The molecule has 0 unspecified atom stereocenters. The summed E-state index contributed by atoms with van der Waals surface area (Å²) in [5.74, 6) is 0.490. The van der Waals surface area contributed by atoms with Crippen LogP contribution in [-0.4, -0.2) is 4.92 Å². The molecule has 3 nitrogen and oxygen atoms in total.